The summed E-state index contributed by atoms with van der Waals surface area (Å²) in [7, 11) is 0. The van der Waals surface area contributed by atoms with Crippen molar-refractivity contribution in [1.29, 1.82) is 0 Å². The summed E-state index contributed by atoms with van der Waals surface area (Å²) in [6, 6.07) is 7.58. The maximum atomic E-state index is 11.4. The lowest BCUT2D eigenvalue weighted by Gasteiger charge is -2.10. The van der Waals surface area contributed by atoms with Gasteiger partial charge in [-0.05, 0) is 49.4 Å². The Morgan fingerprint density at radius 3 is 2.92 bits per heavy atom. The molecule has 0 bridgehead atoms. The highest BCUT2D eigenvalue weighted by Gasteiger charge is 2.14. The molecule has 4 heterocycles. The maximum absolute atomic E-state index is 11.4. The Labute approximate surface area is 164 Å². The van der Waals surface area contributed by atoms with Gasteiger partial charge in [0.25, 0.3) is 0 Å². The first-order chi connectivity index (χ1) is 12.1. The van der Waals surface area contributed by atoms with Crippen molar-refractivity contribution in [2.75, 3.05) is 5.32 Å². The molecule has 126 valence electrons. The lowest BCUT2D eigenvalue weighted by atomic mass is 10.3. The van der Waals surface area contributed by atoms with Crippen LogP contribution in [0.2, 0.25) is 0 Å². The van der Waals surface area contributed by atoms with E-state index in [0.717, 1.165) is 41.3 Å². The number of hydrogen-bond acceptors (Lipinski definition) is 5. The second-order valence-electron chi connectivity index (χ2n) is 5.28. The van der Waals surface area contributed by atoms with Crippen LogP contribution in [0.15, 0.2) is 57.2 Å². The first-order valence-electron chi connectivity index (χ1n) is 7.31. The minimum Gasteiger partial charge on any atom is -0.619 e. The van der Waals surface area contributed by atoms with Crippen molar-refractivity contribution in [3.8, 4) is 10.6 Å². The summed E-state index contributed by atoms with van der Waals surface area (Å²) in [4.78, 5) is 5.76. The van der Waals surface area contributed by atoms with Crippen molar-refractivity contribution < 1.29 is 4.73 Å². The van der Waals surface area contributed by atoms with Crippen LogP contribution in [-0.4, -0.2) is 14.6 Å². The minimum absolute atomic E-state index is 0.505. The van der Waals surface area contributed by atoms with Gasteiger partial charge in [0.1, 0.15) is 5.82 Å². The van der Waals surface area contributed by atoms with E-state index in [4.69, 9.17) is 4.98 Å². The fourth-order valence-electron chi connectivity index (χ4n) is 2.45. The molecule has 6 nitrogen and oxygen atoms in total. The van der Waals surface area contributed by atoms with Crippen LogP contribution < -0.4 is 10.0 Å². The number of pyridine rings is 1. The Bertz CT molecular complexity index is 1060. The second-order valence-corrected chi connectivity index (χ2v) is 7.90. The average Bonchev–Trinajstić information content (AvgIpc) is 3.19. The van der Waals surface area contributed by atoms with Gasteiger partial charge >= 0.3 is 0 Å². The highest BCUT2D eigenvalue weighted by molar-refractivity contribution is 9.11. The highest BCUT2D eigenvalue weighted by atomic mass is 79.9. The van der Waals surface area contributed by atoms with E-state index >= 15 is 0 Å². The second kappa shape index (κ2) is 6.74. The van der Waals surface area contributed by atoms with Gasteiger partial charge < -0.3 is 10.5 Å². The summed E-state index contributed by atoms with van der Waals surface area (Å²) in [5.74, 6) is 0.798. The predicted octanol–water partition coefficient (Wildman–Crippen LogP) is 4.23. The van der Waals surface area contributed by atoms with Crippen molar-refractivity contribution in [1.82, 2.24) is 14.6 Å². The fraction of sp³-hybridized carbons (Fsp3) is 0.0625. The SMILES string of the molecule is [O-][n+]1cccc(CNc2cc(-c3sccc3Br)nc3c(Br)cnn23)c1. The average molecular weight is 481 g/mol. The zero-order valence-corrected chi connectivity index (χ0v) is 16.7. The van der Waals surface area contributed by atoms with Gasteiger partial charge in [0.15, 0.2) is 18.0 Å². The number of aromatic nitrogens is 4. The normalized spacial score (nSPS) is 11.1. The van der Waals surface area contributed by atoms with E-state index in [1.54, 1.807) is 34.3 Å². The Balaban J connectivity index is 1.75. The quantitative estimate of drug-likeness (QED) is 0.350. The lowest BCUT2D eigenvalue weighted by Crippen LogP contribution is -2.25. The van der Waals surface area contributed by atoms with Gasteiger partial charge in [0, 0.05) is 28.7 Å². The molecule has 4 rings (SSSR count). The standard InChI is InChI=1S/C16H11Br2N5OS/c17-11-3-5-25-15(11)13-6-14(23-16(21-13)12(18)8-20-23)19-7-10-2-1-4-22(24)9-10/h1-6,8-9,19H,7H2. The van der Waals surface area contributed by atoms with E-state index in [2.05, 4.69) is 42.3 Å². The van der Waals surface area contributed by atoms with Gasteiger partial charge in [-0.15, -0.1) is 11.3 Å². The first-order valence-corrected chi connectivity index (χ1v) is 9.77. The molecule has 0 atom stereocenters. The van der Waals surface area contributed by atoms with Gasteiger partial charge in [0.2, 0.25) is 0 Å². The van der Waals surface area contributed by atoms with E-state index in [-0.39, 0.29) is 0 Å². The van der Waals surface area contributed by atoms with E-state index in [1.165, 1.54) is 6.20 Å². The molecule has 0 aromatic carbocycles. The molecule has 0 amide bonds. The number of nitrogens with zero attached hydrogens (tertiary/aromatic N) is 4. The summed E-state index contributed by atoms with van der Waals surface area (Å²) in [6.45, 7) is 0.505. The van der Waals surface area contributed by atoms with Crippen LogP contribution in [0.1, 0.15) is 5.56 Å². The minimum atomic E-state index is 0.505. The molecule has 1 N–H and O–H groups in total. The molecule has 0 radical (unpaired) electrons. The highest BCUT2D eigenvalue weighted by Crippen LogP contribution is 2.34. The molecule has 0 aliphatic heterocycles. The van der Waals surface area contributed by atoms with E-state index in [1.807, 2.05) is 23.6 Å². The van der Waals surface area contributed by atoms with Crippen LogP contribution in [0, 0.1) is 5.21 Å². The summed E-state index contributed by atoms with van der Waals surface area (Å²) in [5.41, 5.74) is 2.46. The molecule has 4 aromatic heterocycles. The van der Waals surface area contributed by atoms with Crippen LogP contribution in [0.3, 0.4) is 0 Å². The molecule has 0 spiro atoms. The van der Waals surface area contributed by atoms with Gasteiger partial charge in [-0.25, -0.2) is 4.98 Å². The zero-order chi connectivity index (χ0) is 17.4. The number of nitrogens with one attached hydrogen (secondary N) is 1. The molecule has 0 fully saturated rings. The van der Waals surface area contributed by atoms with Crippen LogP contribution in [0.5, 0.6) is 0 Å². The first kappa shape index (κ1) is 16.5. The van der Waals surface area contributed by atoms with Crippen LogP contribution in [0.4, 0.5) is 5.82 Å². The zero-order valence-electron chi connectivity index (χ0n) is 12.7. The number of thiophene rings is 1. The summed E-state index contributed by atoms with van der Waals surface area (Å²) in [5, 5.41) is 21.1. The van der Waals surface area contributed by atoms with Crippen molar-refractivity contribution in [2.24, 2.45) is 0 Å². The molecule has 0 unspecified atom stereocenters. The van der Waals surface area contributed by atoms with E-state index in [9.17, 15) is 5.21 Å². The van der Waals surface area contributed by atoms with Gasteiger partial charge in [0.05, 0.1) is 21.2 Å². The third-order valence-electron chi connectivity index (χ3n) is 3.59. The Kier molecular flexibility index (Phi) is 4.45. The molecule has 9 heteroatoms. The molecule has 25 heavy (non-hydrogen) atoms. The molecule has 0 aliphatic carbocycles. The monoisotopic (exact) mass is 479 g/mol. The van der Waals surface area contributed by atoms with Crippen molar-refractivity contribution in [2.45, 2.75) is 6.54 Å². The number of fused-ring (bicyclic) bond motifs is 1. The van der Waals surface area contributed by atoms with Crippen LogP contribution in [0.25, 0.3) is 16.2 Å². The van der Waals surface area contributed by atoms with Crippen molar-refractivity contribution in [3.63, 3.8) is 0 Å². The number of rotatable bonds is 4. The number of hydrogen-bond donors (Lipinski definition) is 1. The topological polar surface area (TPSA) is 69.2 Å². The van der Waals surface area contributed by atoms with Crippen LogP contribution >= 0.6 is 43.2 Å². The fourth-order valence-corrected chi connectivity index (χ4v) is 4.34. The van der Waals surface area contributed by atoms with Crippen molar-refractivity contribution in [3.05, 3.63) is 68.0 Å². The van der Waals surface area contributed by atoms with Crippen molar-refractivity contribution >= 4 is 54.7 Å². The van der Waals surface area contributed by atoms with E-state index < -0.39 is 0 Å². The van der Waals surface area contributed by atoms with Crippen LogP contribution in [-0.2, 0) is 6.54 Å². The lowest BCUT2D eigenvalue weighted by molar-refractivity contribution is -0.605. The summed E-state index contributed by atoms with van der Waals surface area (Å²) >= 11 is 8.68. The Hall–Kier alpha value is -1.97. The van der Waals surface area contributed by atoms with Gasteiger partial charge in [-0.3, -0.25) is 0 Å². The number of halogens is 2. The summed E-state index contributed by atoms with van der Waals surface area (Å²) < 4.78 is 4.36. The molecule has 0 saturated heterocycles. The third kappa shape index (κ3) is 3.26. The smallest absolute Gasteiger partial charge is 0.185 e. The molecule has 0 aliphatic rings. The molecular weight excluding hydrogens is 470 g/mol. The predicted molar refractivity (Wildman–Crippen MR) is 104 cm³/mol. The summed E-state index contributed by atoms with van der Waals surface area (Å²) in [6.07, 6.45) is 4.72. The molecule has 0 saturated carbocycles. The Morgan fingerprint density at radius 2 is 2.16 bits per heavy atom. The molecule has 4 aromatic rings. The number of anilines is 1. The third-order valence-corrected chi connectivity index (χ3v) is 6.01. The van der Waals surface area contributed by atoms with Gasteiger partial charge in [-0.1, -0.05) is 0 Å². The van der Waals surface area contributed by atoms with Gasteiger partial charge in [-0.2, -0.15) is 14.3 Å². The maximum Gasteiger partial charge on any atom is 0.185 e. The Morgan fingerprint density at radius 1 is 1.28 bits per heavy atom. The molecular formula is C16H11Br2N5OS. The largest absolute Gasteiger partial charge is 0.619 e. The van der Waals surface area contributed by atoms with E-state index in [0.29, 0.717) is 6.54 Å².